The molecule has 7 heteroatoms. The van der Waals surface area contributed by atoms with E-state index in [0.29, 0.717) is 30.2 Å². The number of amides is 2. The Kier molecular flexibility index (Phi) is 6.11. The van der Waals surface area contributed by atoms with Crippen LogP contribution in [0.4, 0.5) is 0 Å². The first-order valence-corrected chi connectivity index (χ1v) is 9.28. The summed E-state index contributed by atoms with van der Waals surface area (Å²) in [7, 11) is 1.56. The molecule has 0 radical (unpaired) electrons. The van der Waals surface area contributed by atoms with E-state index < -0.39 is 0 Å². The van der Waals surface area contributed by atoms with E-state index in [0.717, 1.165) is 25.9 Å². The molecule has 1 aromatic carbocycles. The summed E-state index contributed by atoms with van der Waals surface area (Å²) in [6.07, 6.45) is 4.03. The summed E-state index contributed by atoms with van der Waals surface area (Å²) in [5.41, 5.74) is 2.89. The number of H-pyrrole nitrogens is 1. The van der Waals surface area contributed by atoms with E-state index in [1.54, 1.807) is 31.4 Å². The smallest absolute Gasteiger partial charge is 0.251 e. The van der Waals surface area contributed by atoms with Crippen LogP contribution in [0.2, 0.25) is 0 Å². The highest BCUT2D eigenvalue weighted by atomic mass is 16.5. The maximum absolute atomic E-state index is 12.4. The lowest BCUT2D eigenvalue weighted by molar-refractivity contribution is -0.132. The summed E-state index contributed by atoms with van der Waals surface area (Å²) < 4.78 is 5.12. The van der Waals surface area contributed by atoms with Crippen LogP contribution < -0.4 is 10.1 Å². The topological polar surface area (TPSA) is 87.3 Å². The molecule has 7 nitrogen and oxygen atoms in total. The molecule has 144 valence electrons. The number of aromatic nitrogens is 2. The van der Waals surface area contributed by atoms with Crippen molar-refractivity contribution < 1.29 is 14.3 Å². The maximum Gasteiger partial charge on any atom is 0.251 e. The Hall–Kier alpha value is -2.83. The molecule has 1 aliphatic heterocycles. The third-order valence-corrected chi connectivity index (χ3v) is 5.08. The number of benzene rings is 1. The van der Waals surface area contributed by atoms with Crippen molar-refractivity contribution in [3.63, 3.8) is 0 Å². The number of nitrogens with one attached hydrogen (secondary N) is 2. The zero-order valence-electron chi connectivity index (χ0n) is 15.8. The summed E-state index contributed by atoms with van der Waals surface area (Å²) >= 11 is 0. The predicted molar refractivity (Wildman–Crippen MR) is 102 cm³/mol. The highest BCUT2D eigenvalue weighted by molar-refractivity contribution is 5.94. The lowest BCUT2D eigenvalue weighted by Gasteiger charge is -2.32. The molecule has 1 saturated heterocycles. The van der Waals surface area contributed by atoms with Crippen molar-refractivity contribution in [2.75, 3.05) is 26.7 Å². The van der Waals surface area contributed by atoms with Crippen LogP contribution in [0.1, 0.15) is 46.8 Å². The highest BCUT2D eigenvalue weighted by Crippen LogP contribution is 2.28. The molecule has 1 aliphatic rings. The van der Waals surface area contributed by atoms with Crippen LogP contribution in [-0.4, -0.2) is 53.7 Å². The summed E-state index contributed by atoms with van der Waals surface area (Å²) in [6.45, 7) is 3.87. The van der Waals surface area contributed by atoms with Gasteiger partial charge in [0.15, 0.2) is 0 Å². The molecule has 0 aliphatic carbocycles. The molecular weight excluding hydrogens is 344 g/mol. The predicted octanol–water partition coefficient (Wildman–Crippen LogP) is 2.25. The van der Waals surface area contributed by atoms with E-state index in [1.165, 1.54) is 11.3 Å². The average Bonchev–Trinajstić information content (AvgIpc) is 3.13. The third-order valence-electron chi connectivity index (χ3n) is 5.08. The van der Waals surface area contributed by atoms with Gasteiger partial charge in [-0.15, -0.1) is 0 Å². The normalized spacial score (nSPS) is 14.8. The van der Waals surface area contributed by atoms with E-state index in [2.05, 4.69) is 22.4 Å². The van der Waals surface area contributed by atoms with E-state index in [1.807, 2.05) is 11.1 Å². The fraction of sp³-hybridized carbons (Fsp3) is 0.450. The third kappa shape index (κ3) is 4.67. The number of aryl methyl sites for hydroxylation is 1. The van der Waals surface area contributed by atoms with Crippen molar-refractivity contribution in [3.8, 4) is 5.75 Å². The molecule has 2 amide bonds. The Balaban J connectivity index is 1.42. The van der Waals surface area contributed by atoms with Gasteiger partial charge in [-0.25, -0.2) is 0 Å². The van der Waals surface area contributed by atoms with Crippen molar-refractivity contribution in [3.05, 3.63) is 47.3 Å². The summed E-state index contributed by atoms with van der Waals surface area (Å²) in [4.78, 5) is 26.5. The van der Waals surface area contributed by atoms with Gasteiger partial charge in [0.25, 0.3) is 5.91 Å². The molecule has 0 atom stereocenters. The fourth-order valence-corrected chi connectivity index (χ4v) is 3.49. The first-order valence-electron chi connectivity index (χ1n) is 9.28. The van der Waals surface area contributed by atoms with Crippen LogP contribution in [0.5, 0.6) is 5.75 Å². The number of rotatable bonds is 6. The zero-order chi connectivity index (χ0) is 19.2. The van der Waals surface area contributed by atoms with E-state index in [-0.39, 0.29) is 11.8 Å². The lowest BCUT2D eigenvalue weighted by Crippen LogP contribution is -2.39. The van der Waals surface area contributed by atoms with Gasteiger partial charge in [-0.05, 0) is 43.5 Å². The first kappa shape index (κ1) is 18.9. The molecule has 1 fully saturated rings. The van der Waals surface area contributed by atoms with Crippen molar-refractivity contribution in [1.29, 1.82) is 0 Å². The molecule has 1 aromatic heterocycles. The standard InChI is InChI=1S/C20H26N4O3/c1-14-13-22-23-19(14)15-7-10-24(11-8-15)18(25)6-9-21-20(26)16-4-3-5-17(12-16)27-2/h3-5,12-13,15H,6-11H2,1-2H3,(H,21,26)(H,22,23). The van der Waals surface area contributed by atoms with Crippen LogP contribution in [0.25, 0.3) is 0 Å². The van der Waals surface area contributed by atoms with Crippen molar-refractivity contribution in [2.45, 2.75) is 32.1 Å². The number of aromatic amines is 1. The number of ether oxygens (including phenoxy) is 1. The molecule has 3 rings (SSSR count). The Labute approximate surface area is 159 Å². The number of hydrogen-bond acceptors (Lipinski definition) is 4. The first-order chi connectivity index (χ1) is 13.1. The van der Waals surface area contributed by atoms with Gasteiger partial charge in [0.2, 0.25) is 5.91 Å². The second-order valence-corrected chi connectivity index (χ2v) is 6.86. The molecular formula is C20H26N4O3. The molecule has 27 heavy (non-hydrogen) atoms. The van der Waals surface area contributed by atoms with Gasteiger partial charge in [0, 0.05) is 43.2 Å². The van der Waals surface area contributed by atoms with Gasteiger partial charge in [-0.2, -0.15) is 5.10 Å². The Morgan fingerprint density at radius 2 is 2.11 bits per heavy atom. The van der Waals surface area contributed by atoms with Gasteiger partial charge >= 0.3 is 0 Å². The highest BCUT2D eigenvalue weighted by Gasteiger charge is 2.25. The molecule has 2 heterocycles. The summed E-state index contributed by atoms with van der Waals surface area (Å²) in [5, 5.41) is 9.97. The Bertz CT molecular complexity index is 794. The van der Waals surface area contributed by atoms with Gasteiger partial charge < -0.3 is 15.0 Å². The van der Waals surface area contributed by atoms with Crippen LogP contribution in [0.15, 0.2) is 30.5 Å². The number of nitrogens with zero attached hydrogens (tertiary/aromatic N) is 2. The van der Waals surface area contributed by atoms with Crippen LogP contribution >= 0.6 is 0 Å². The molecule has 0 bridgehead atoms. The minimum atomic E-state index is -0.199. The molecule has 0 unspecified atom stereocenters. The fourth-order valence-electron chi connectivity index (χ4n) is 3.49. The molecule has 0 spiro atoms. The minimum Gasteiger partial charge on any atom is -0.497 e. The number of carbonyl (C=O) groups is 2. The molecule has 2 aromatic rings. The van der Waals surface area contributed by atoms with Crippen molar-refractivity contribution in [2.24, 2.45) is 0 Å². The maximum atomic E-state index is 12.4. The van der Waals surface area contributed by atoms with E-state index >= 15 is 0 Å². The minimum absolute atomic E-state index is 0.0840. The second-order valence-electron chi connectivity index (χ2n) is 6.86. The number of piperidine rings is 1. The van der Waals surface area contributed by atoms with Gasteiger partial charge in [0.1, 0.15) is 5.75 Å². The van der Waals surface area contributed by atoms with Gasteiger partial charge in [0.05, 0.1) is 13.3 Å². The average molecular weight is 370 g/mol. The van der Waals surface area contributed by atoms with E-state index in [9.17, 15) is 9.59 Å². The molecule has 0 saturated carbocycles. The SMILES string of the molecule is COc1cccc(C(=O)NCCC(=O)N2CCC(c3[nH]ncc3C)CC2)c1. The summed E-state index contributed by atoms with van der Waals surface area (Å²) in [6, 6.07) is 6.96. The largest absolute Gasteiger partial charge is 0.497 e. The van der Waals surface area contributed by atoms with Gasteiger partial charge in [-0.3, -0.25) is 14.7 Å². The monoisotopic (exact) mass is 370 g/mol. The number of methoxy groups -OCH3 is 1. The van der Waals surface area contributed by atoms with Crippen LogP contribution in [0.3, 0.4) is 0 Å². The number of carbonyl (C=O) groups excluding carboxylic acids is 2. The zero-order valence-corrected chi connectivity index (χ0v) is 15.8. The lowest BCUT2D eigenvalue weighted by atomic mass is 9.91. The quantitative estimate of drug-likeness (QED) is 0.816. The molecule has 2 N–H and O–H groups in total. The number of likely N-dealkylation sites (tertiary alicyclic amines) is 1. The Morgan fingerprint density at radius 3 is 2.78 bits per heavy atom. The summed E-state index contributed by atoms with van der Waals surface area (Å²) in [5.74, 6) is 0.953. The number of hydrogen-bond donors (Lipinski definition) is 2. The van der Waals surface area contributed by atoms with Crippen molar-refractivity contribution in [1.82, 2.24) is 20.4 Å². The second kappa shape index (κ2) is 8.70. The van der Waals surface area contributed by atoms with Gasteiger partial charge in [-0.1, -0.05) is 6.07 Å². The van der Waals surface area contributed by atoms with Crippen LogP contribution in [-0.2, 0) is 4.79 Å². The van der Waals surface area contributed by atoms with E-state index in [4.69, 9.17) is 4.74 Å². The Morgan fingerprint density at radius 1 is 1.33 bits per heavy atom. The van der Waals surface area contributed by atoms with Crippen molar-refractivity contribution >= 4 is 11.8 Å². The van der Waals surface area contributed by atoms with Crippen LogP contribution in [0, 0.1) is 6.92 Å².